The van der Waals surface area contributed by atoms with E-state index in [0.717, 1.165) is 23.4 Å². The SMILES string of the molecule is Cc1cc(C(Br)Cc2nc3ccccc3o2)sc1Br. The average Bonchev–Trinajstić information content (AvgIpc) is 2.93. The predicted molar refractivity (Wildman–Crippen MR) is 86.1 cm³/mol. The average molecular weight is 401 g/mol. The van der Waals surface area contributed by atoms with Gasteiger partial charge in [0.2, 0.25) is 0 Å². The maximum atomic E-state index is 5.75. The monoisotopic (exact) mass is 399 g/mol. The summed E-state index contributed by atoms with van der Waals surface area (Å²) in [6.07, 6.45) is 0.751. The molecule has 3 rings (SSSR count). The van der Waals surface area contributed by atoms with Crippen molar-refractivity contribution in [3.63, 3.8) is 0 Å². The Morgan fingerprint density at radius 2 is 2.16 bits per heavy atom. The van der Waals surface area contributed by atoms with Gasteiger partial charge >= 0.3 is 0 Å². The molecule has 0 saturated heterocycles. The fourth-order valence-electron chi connectivity index (χ4n) is 1.90. The first-order chi connectivity index (χ1) is 9.13. The van der Waals surface area contributed by atoms with E-state index in [1.807, 2.05) is 24.3 Å². The molecule has 0 N–H and O–H groups in total. The number of hydrogen-bond acceptors (Lipinski definition) is 3. The molecule has 2 nitrogen and oxygen atoms in total. The van der Waals surface area contributed by atoms with Gasteiger partial charge in [0.1, 0.15) is 5.52 Å². The molecule has 0 aliphatic carbocycles. The number of aromatic nitrogens is 1. The number of thiophene rings is 1. The molecular formula is C14H11Br2NOS. The van der Waals surface area contributed by atoms with Crippen molar-refractivity contribution in [2.75, 3.05) is 0 Å². The smallest absolute Gasteiger partial charge is 0.196 e. The van der Waals surface area contributed by atoms with Gasteiger partial charge in [0.15, 0.2) is 11.5 Å². The molecule has 19 heavy (non-hydrogen) atoms. The Balaban J connectivity index is 1.84. The molecule has 2 aromatic heterocycles. The van der Waals surface area contributed by atoms with Crippen LogP contribution in [0.4, 0.5) is 0 Å². The first-order valence-electron chi connectivity index (χ1n) is 5.88. The summed E-state index contributed by atoms with van der Waals surface area (Å²) in [6.45, 7) is 2.10. The number of aryl methyl sites for hydroxylation is 1. The van der Waals surface area contributed by atoms with Crippen LogP contribution in [0.1, 0.15) is 21.2 Å². The number of rotatable bonds is 3. The number of benzene rings is 1. The van der Waals surface area contributed by atoms with Crippen LogP contribution in [0.15, 0.2) is 38.5 Å². The third-order valence-electron chi connectivity index (χ3n) is 2.88. The lowest BCUT2D eigenvalue weighted by Crippen LogP contribution is -1.92. The zero-order chi connectivity index (χ0) is 13.4. The summed E-state index contributed by atoms with van der Waals surface area (Å²) < 4.78 is 6.93. The minimum absolute atomic E-state index is 0.232. The Bertz CT molecular complexity index is 667. The standard InChI is InChI=1S/C14H11Br2NOS/c1-8-6-12(19-14(8)16)9(15)7-13-17-10-4-2-3-5-11(10)18-13/h2-6,9H,7H2,1H3. The molecule has 1 atom stereocenters. The summed E-state index contributed by atoms with van der Waals surface area (Å²) in [5.41, 5.74) is 3.03. The normalized spacial score (nSPS) is 13.0. The van der Waals surface area contributed by atoms with Gasteiger partial charge in [-0.3, -0.25) is 0 Å². The Morgan fingerprint density at radius 1 is 1.37 bits per heavy atom. The number of fused-ring (bicyclic) bond motifs is 1. The van der Waals surface area contributed by atoms with Crippen molar-refractivity contribution in [2.24, 2.45) is 0 Å². The molecule has 1 unspecified atom stereocenters. The third-order valence-corrected chi connectivity index (χ3v) is 6.25. The second kappa shape index (κ2) is 5.38. The maximum Gasteiger partial charge on any atom is 0.196 e. The van der Waals surface area contributed by atoms with Crippen LogP contribution in [-0.4, -0.2) is 4.98 Å². The molecule has 2 heterocycles. The van der Waals surface area contributed by atoms with E-state index < -0.39 is 0 Å². The van der Waals surface area contributed by atoms with Crippen LogP contribution in [0.5, 0.6) is 0 Å². The first kappa shape index (κ1) is 13.3. The Labute approximate surface area is 132 Å². The molecule has 1 aromatic carbocycles. The van der Waals surface area contributed by atoms with Gasteiger partial charge in [-0.1, -0.05) is 28.1 Å². The highest BCUT2D eigenvalue weighted by molar-refractivity contribution is 9.11. The zero-order valence-electron chi connectivity index (χ0n) is 10.2. The Hall–Kier alpha value is -0.650. The summed E-state index contributed by atoms with van der Waals surface area (Å²) in [5, 5.41) is 0. The van der Waals surface area contributed by atoms with Gasteiger partial charge in [-0.15, -0.1) is 11.3 Å². The van der Waals surface area contributed by atoms with E-state index in [2.05, 4.69) is 49.8 Å². The van der Waals surface area contributed by atoms with Crippen molar-refractivity contribution in [1.29, 1.82) is 0 Å². The van der Waals surface area contributed by atoms with Gasteiger partial charge in [0, 0.05) is 11.3 Å². The Morgan fingerprint density at radius 3 is 2.84 bits per heavy atom. The summed E-state index contributed by atoms with van der Waals surface area (Å²) >= 11 is 9.02. The predicted octanol–water partition coefficient (Wildman–Crippen LogP) is 5.64. The quantitative estimate of drug-likeness (QED) is 0.531. The number of oxazole rings is 1. The van der Waals surface area contributed by atoms with Crippen LogP contribution >= 0.6 is 43.2 Å². The molecule has 0 bridgehead atoms. The topological polar surface area (TPSA) is 26.0 Å². The van der Waals surface area contributed by atoms with E-state index >= 15 is 0 Å². The summed E-state index contributed by atoms with van der Waals surface area (Å²) in [5.74, 6) is 0.769. The van der Waals surface area contributed by atoms with Gasteiger partial charge in [0.25, 0.3) is 0 Å². The maximum absolute atomic E-state index is 5.75. The van der Waals surface area contributed by atoms with Crippen LogP contribution in [0.3, 0.4) is 0 Å². The van der Waals surface area contributed by atoms with E-state index in [1.54, 1.807) is 11.3 Å². The van der Waals surface area contributed by atoms with Gasteiger partial charge < -0.3 is 4.42 Å². The molecule has 98 valence electrons. The second-order valence-electron chi connectivity index (χ2n) is 4.35. The fourth-order valence-corrected chi connectivity index (χ4v) is 4.14. The van der Waals surface area contributed by atoms with Crippen molar-refractivity contribution in [3.05, 3.63) is 50.4 Å². The van der Waals surface area contributed by atoms with Gasteiger partial charge in [0.05, 0.1) is 8.61 Å². The number of alkyl halides is 1. The van der Waals surface area contributed by atoms with E-state index in [1.165, 1.54) is 14.2 Å². The highest BCUT2D eigenvalue weighted by atomic mass is 79.9. The van der Waals surface area contributed by atoms with Crippen LogP contribution in [-0.2, 0) is 6.42 Å². The van der Waals surface area contributed by atoms with Crippen LogP contribution < -0.4 is 0 Å². The van der Waals surface area contributed by atoms with Crippen molar-refractivity contribution < 1.29 is 4.42 Å². The summed E-state index contributed by atoms with van der Waals surface area (Å²) in [4.78, 5) is 6.02. The lowest BCUT2D eigenvalue weighted by molar-refractivity contribution is 0.528. The van der Waals surface area contributed by atoms with Crippen molar-refractivity contribution in [2.45, 2.75) is 18.2 Å². The summed E-state index contributed by atoms with van der Waals surface area (Å²) in [7, 11) is 0. The molecule has 5 heteroatoms. The fraction of sp³-hybridized carbons (Fsp3) is 0.214. The molecular weight excluding hydrogens is 390 g/mol. The molecule has 0 amide bonds. The van der Waals surface area contributed by atoms with Crippen LogP contribution in [0, 0.1) is 6.92 Å². The molecule has 3 aromatic rings. The summed E-state index contributed by atoms with van der Waals surface area (Å²) in [6, 6.07) is 10.0. The van der Waals surface area contributed by atoms with Crippen molar-refractivity contribution in [3.8, 4) is 0 Å². The number of halogens is 2. The van der Waals surface area contributed by atoms with Crippen LogP contribution in [0.2, 0.25) is 0 Å². The second-order valence-corrected chi connectivity index (χ2v) is 7.86. The third kappa shape index (κ3) is 2.78. The zero-order valence-corrected chi connectivity index (χ0v) is 14.2. The van der Waals surface area contributed by atoms with E-state index in [-0.39, 0.29) is 4.83 Å². The molecule has 0 spiro atoms. The molecule has 0 aliphatic rings. The van der Waals surface area contributed by atoms with Gasteiger partial charge in [-0.2, -0.15) is 0 Å². The van der Waals surface area contributed by atoms with Gasteiger partial charge in [-0.05, 0) is 46.6 Å². The van der Waals surface area contributed by atoms with E-state index in [4.69, 9.17) is 4.42 Å². The highest BCUT2D eigenvalue weighted by Crippen LogP contribution is 2.37. The lowest BCUT2D eigenvalue weighted by atomic mass is 10.2. The van der Waals surface area contributed by atoms with Crippen molar-refractivity contribution in [1.82, 2.24) is 4.98 Å². The van der Waals surface area contributed by atoms with Crippen molar-refractivity contribution >= 4 is 54.3 Å². The molecule has 0 saturated carbocycles. The minimum atomic E-state index is 0.232. The van der Waals surface area contributed by atoms with Crippen LogP contribution in [0.25, 0.3) is 11.1 Å². The Kier molecular flexibility index (Phi) is 3.78. The lowest BCUT2D eigenvalue weighted by Gasteiger charge is -2.03. The number of hydrogen-bond donors (Lipinski definition) is 0. The minimum Gasteiger partial charge on any atom is -0.441 e. The molecule has 0 fully saturated rings. The number of nitrogens with zero attached hydrogens (tertiary/aromatic N) is 1. The van der Waals surface area contributed by atoms with Gasteiger partial charge in [-0.25, -0.2) is 4.98 Å². The van der Waals surface area contributed by atoms with E-state index in [9.17, 15) is 0 Å². The molecule has 0 aliphatic heterocycles. The molecule has 0 radical (unpaired) electrons. The largest absolute Gasteiger partial charge is 0.441 e. The first-order valence-corrected chi connectivity index (χ1v) is 8.40. The highest BCUT2D eigenvalue weighted by Gasteiger charge is 2.16. The van der Waals surface area contributed by atoms with E-state index in [0.29, 0.717) is 0 Å². The number of para-hydroxylation sites is 2.